The van der Waals surface area contributed by atoms with Crippen LogP contribution in [0.15, 0.2) is 24.3 Å². The lowest BCUT2D eigenvalue weighted by Crippen LogP contribution is -2.35. The average Bonchev–Trinajstić information content (AvgIpc) is 3.00. The van der Waals surface area contributed by atoms with Crippen molar-refractivity contribution in [2.75, 3.05) is 27.7 Å². The van der Waals surface area contributed by atoms with E-state index in [0.717, 1.165) is 25.1 Å². The van der Waals surface area contributed by atoms with E-state index in [1.807, 2.05) is 18.2 Å². The Bertz CT molecular complexity index is 504. The van der Waals surface area contributed by atoms with Crippen LogP contribution < -0.4 is 10.1 Å². The molecule has 1 fully saturated rings. The first-order chi connectivity index (χ1) is 10.5. The topological polar surface area (TPSA) is 50.8 Å². The summed E-state index contributed by atoms with van der Waals surface area (Å²) >= 11 is 0. The molecule has 5 heteroatoms. The molecule has 122 valence electrons. The molecule has 1 heterocycles. The highest BCUT2D eigenvalue weighted by molar-refractivity contribution is 5.80. The van der Waals surface area contributed by atoms with E-state index < -0.39 is 0 Å². The molecule has 1 aliphatic heterocycles. The molecule has 1 aromatic carbocycles. The number of hydrogen-bond acceptors (Lipinski definition) is 4. The fourth-order valence-corrected chi connectivity index (χ4v) is 2.66. The quantitative estimate of drug-likeness (QED) is 0.873. The Hall–Kier alpha value is -1.59. The molecule has 0 bridgehead atoms. The van der Waals surface area contributed by atoms with Crippen LogP contribution in [-0.4, -0.2) is 50.8 Å². The maximum atomic E-state index is 11.9. The number of nitrogens with one attached hydrogen (secondary N) is 1. The molecular formula is C17H26N2O3. The Balaban J connectivity index is 1.82. The van der Waals surface area contributed by atoms with Gasteiger partial charge in [0.1, 0.15) is 11.9 Å². The number of methoxy groups -OCH3 is 1. The zero-order valence-corrected chi connectivity index (χ0v) is 13.8. The predicted octanol–water partition coefficient (Wildman–Crippen LogP) is 1.98. The number of likely N-dealkylation sites (N-methyl/N-ethyl adjacent to an activating group) is 1. The first kappa shape index (κ1) is 16.8. The first-order valence-electron chi connectivity index (χ1n) is 7.75. The van der Waals surface area contributed by atoms with Gasteiger partial charge in [-0.1, -0.05) is 12.1 Å². The number of benzene rings is 1. The van der Waals surface area contributed by atoms with Gasteiger partial charge in [-0.15, -0.1) is 0 Å². The number of ether oxygens (including phenoxy) is 2. The summed E-state index contributed by atoms with van der Waals surface area (Å²) in [6, 6.07) is 8.25. The molecule has 2 rings (SSSR count). The van der Waals surface area contributed by atoms with E-state index in [2.05, 4.69) is 18.3 Å². The Morgan fingerprint density at radius 3 is 2.91 bits per heavy atom. The minimum Gasteiger partial charge on any atom is -0.497 e. The second-order valence-electron chi connectivity index (χ2n) is 5.96. The Labute approximate surface area is 132 Å². The van der Waals surface area contributed by atoms with Crippen LogP contribution in [0.4, 0.5) is 0 Å². The van der Waals surface area contributed by atoms with Crippen LogP contribution in [0.1, 0.15) is 31.4 Å². The lowest BCUT2D eigenvalue weighted by atomic mass is 10.1. The highest BCUT2D eigenvalue weighted by Gasteiger charge is 2.31. The molecule has 1 saturated heterocycles. The number of rotatable bonds is 6. The van der Waals surface area contributed by atoms with Crippen molar-refractivity contribution in [2.24, 2.45) is 0 Å². The van der Waals surface area contributed by atoms with E-state index in [0.29, 0.717) is 0 Å². The van der Waals surface area contributed by atoms with Gasteiger partial charge in [-0.25, -0.2) is 0 Å². The third-order valence-electron chi connectivity index (χ3n) is 4.07. The smallest absolute Gasteiger partial charge is 0.251 e. The fraction of sp³-hybridized carbons (Fsp3) is 0.588. The second kappa shape index (κ2) is 7.61. The molecule has 0 radical (unpaired) electrons. The van der Waals surface area contributed by atoms with E-state index >= 15 is 0 Å². The van der Waals surface area contributed by atoms with Crippen molar-refractivity contribution < 1.29 is 14.3 Å². The summed E-state index contributed by atoms with van der Waals surface area (Å²) in [6.45, 7) is 2.86. The van der Waals surface area contributed by atoms with Crippen molar-refractivity contribution in [3.8, 4) is 5.75 Å². The predicted molar refractivity (Wildman–Crippen MR) is 86.0 cm³/mol. The molecule has 1 aromatic rings. The van der Waals surface area contributed by atoms with Crippen molar-refractivity contribution in [3.05, 3.63) is 29.8 Å². The van der Waals surface area contributed by atoms with Gasteiger partial charge in [0.25, 0.3) is 5.91 Å². The van der Waals surface area contributed by atoms with Crippen LogP contribution in [-0.2, 0) is 9.53 Å². The molecular weight excluding hydrogens is 280 g/mol. The van der Waals surface area contributed by atoms with Crippen LogP contribution in [0.3, 0.4) is 0 Å². The SMILES string of the molecule is COc1cccc(C(C)NCC2CCC(C(=O)N(C)C)O2)c1. The number of hydrogen-bond donors (Lipinski definition) is 1. The number of carbonyl (C=O) groups excluding carboxylic acids is 1. The maximum absolute atomic E-state index is 11.9. The lowest BCUT2D eigenvalue weighted by molar-refractivity contribution is -0.140. The molecule has 0 spiro atoms. The Morgan fingerprint density at radius 1 is 1.45 bits per heavy atom. The molecule has 3 atom stereocenters. The van der Waals surface area contributed by atoms with Crippen molar-refractivity contribution in [3.63, 3.8) is 0 Å². The minimum absolute atomic E-state index is 0.0587. The van der Waals surface area contributed by atoms with E-state index in [4.69, 9.17) is 9.47 Å². The van der Waals surface area contributed by atoms with Crippen molar-refractivity contribution in [2.45, 2.75) is 38.0 Å². The zero-order chi connectivity index (χ0) is 16.1. The summed E-state index contributed by atoms with van der Waals surface area (Å²) in [4.78, 5) is 13.5. The van der Waals surface area contributed by atoms with Crippen LogP contribution >= 0.6 is 0 Å². The first-order valence-corrected chi connectivity index (χ1v) is 7.75. The van der Waals surface area contributed by atoms with Crippen LogP contribution in [0.25, 0.3) is 0 Å². The minimum atomic E-state index is -0.283. The highest BCUT2D eigenvalue weighted by Crippen LogP contribution is 2.22. The van der Waals surface area contributed by atoms with Gasteiger partial charge in [-0.3, -0.25) is 4.79 Å². The molecule has 1 aliphatic rings. The molecule has 0 aliphatic carbocycles. The summed E-state index contributed by atoms with van der Waals surface area (Å²) in [7, 11) is 5.20. The summed E-state index contributed by atoms with van der Waals surface area (Å²) in [5.41, 5.74) is 1.18. The molecule has 5 nitrogen and oxygen atoms in total. The molecule has 3 unspecified atom stereocenters. The summed E-state index contributed by atoms with van der Waals surface area (Å²) < 4.78 is 11.1. The number of nitrogens with zero attached hydrogens (tertiary/aromatic N) is 1. The second-order valence-corrected chi connectivity index (χ2v) is 5.96. The van der Waals surface area contributed by atoms with Crippen LogP contribution in [0.5, 0.6) is 5.75 Å². The van der Waals surface area contributed by atoms with E-state index in [1.54, 1.807) is 26.1 Å². The summed E-state index contributed by atoms with van der Waals surface area (Å²) in [5.74, 6) is 0.920. The monoisotopic (exact) mass is 306 g/mol. The van der Waals surface area contributed by atoms with Gasteiger partial charge in [0.15, 0.2) is 0 Å². The standard InChI is InChI=1S/C17H26N2O3/c1-12(13-6-5-7-14(10-13)21-4)18-11-15-8-9-16(22-15)17(20)19(2)3/h5-7,10,12,15-16,18H,8-9,11H2,1-4H3. The van der Waals surface area contributed by atoms with Crippen LogP contribution in [0.2, 0.25) is 0 Å². The van der Waals surface area contributed by atoms with Gasteiger partial charge in [-0.05, 0) is 37.5 Å². The Morgan fingerprint density at radius 2 is 2.23 bits per heavy atom. The van der Waals surface area contributed by atoms with E-state index in [9.17, 15) is 4.79 Å². The van der Waals surface area contributed by atoms with Gasteiger partial charge in [0, 0.05) is 26.7 Å². The summed E-state index contributed by atoms with van der Waals surface area (Å²) in [5, 5.41) is 3.48. The normalized spacial score (nSPS) is 22.4. The van der Waals surface area contributed by atoms with Gasteiger partial charge >= 0.3 is 0 Å². The zero-order valence-electron chi connectivity index (χ0n) is 13.8. The van der Waals surface area contributed by atoms with Crippen molar-refractivity contribution in [1.29, 1.82) is 0 Å². The lowest BCUT2D eigenvalue weighted by Gasteiger charge is -2.20. The molecule has 1 amide bonds. The third kappa shape index (κ3) is 4.21. The maximum Gasteiger partial charge on any atom is 0.251 e. The molecule has 22 heavy (non-hydrogen) atoms. The fourth-order valence-electron chi connectivity index (χ4n) is 2.66. The largest absolute Gasteiger partial charge is 0.497 e. The van der Waals surface area contributed by atoms with Crippen LogP contribution in [0, 0.1) is 0 Å². The summed E-state index contributed by atoms with van der Waals surface area (Å²) in [6.07, 6.45) is 1.54. The van der Waals surface area contributed by atoms with E-state index in [1.165, 1.54) is 5.56 Å². The number of amides is 1. The van der Waals surface area contributed by atoms with Gasteiger partial charge in [-0.2, -0.15) is 0 Å². The molecule has 0 aromatic heterocycles. The van der Waals surface area contributed by atoms with Gasteiger partial charge in [0.2, 0.25) is 0 Å². The Kier molecular flexibility index (Phi) is 5.80. The van der Waals surface area contributed by atoms with Gasteiger partial charge < -0.3 is 19.7 Å². The van der Waals surface area contributed by atoms with Gasteiger partial charge in [0.05, 0.1) is 13.2 Å². The molecule has 0 saturated carbocycles. The van der Waals surface area contributed by atoms with Crippen molar-refractivity contribution in [1.82, 2.24) is 10.2 Å². The van der Waals surface area contributed by atoms with Crippen molar-refractivity contribution >= 4 is 5.91 Å². The van der Waals surface area contributed by atoms with E-state index in [-0.39, 0.29) is 24.2 Å². The molecule has 1 N–H and O–H groups in total. The average molecular weight is 306 g/mol. The highest BCUT2D eigenvalue weighted by atomic mass is 16.5. The number of carbonyl (C=O) groups is 1. The third-order valence-corrected chi connectivity index (χ3v) is 4.07.